The van der Waals surface area contributed by atoms with Crippen LogP contribution in [0.25, 0.3) is 11.5 Å². The van der Waals surface area contributed by atoms with Crippen molar-refractivity contribution in [1.29, 1.82) is 0 Å². The molecule has 128 valence electrons. The SMILES string of the molecule is CCC[C@@H](C)NC(=O)COC(=O)c1nc(-c2ccccc2)oc1C. The predicted octanol–water partition coefficient (Wildman–Crippen LogP) is 3.11. The van der Waals surface area contributed by atoms with Gasteiger partial charge in [-0.05, 0) is 32.4 Å². The van der Waals surface area contributed by atoms with Crippen molar-refractivity contribution < 1.29 is 18.7 Å². The first kappa shape index (κ1) is 17.7. The normalized spacial score (nSPS) is 11.8. The maximum Gasteiger partial charge on any atom is 0.361 e. The van der Waals surface area contributed by atoms with Gasteiger partial charge in [0.1, 0.15) is 5.76 Å². The van der Waals surface area contributed by atoms with Gasteiger partial charge in [0.05, 0.1) is 0 Å². The minimum atomic E-state index is -0.670. The Morgan fingerprint density at radius 2 is 2.00 bits per heavy atom. The zero-order valence-corrected chi connectivity index (χ0v) is 14.2. The summed E-state index contributed by atoms with van der Waals surface area (Å²) in [5, 5.41) is 2.77. The van der Waals surface area contributed by atoms with Gasteiger partial charge in [0, 0.05) is 11.6 Å². The Hall–Kier alpha value is -2.63. The Morgan fingerprint density at radius 3 is 2.67 bits per heavy atom. The highest BCUT2D eigenvalue weighted by Gasteiger charge is 2.20. The first-order valence-electron chi connectivity index (χ1n) is 8.00. The van der Waals surface area contributed by atoms with E-state index < -0.39 is 5.97 Å². The molecule has 1 amide bonds. The third kappa shape index (κ3) is 4.68. The molecule has 0 aliphatic heterocycles. The topological polar surface area (TPSA) is 81.4 Å². The van der Waals surface area contributed by atoms with Crippen LogP contribution in [0.3, 0.4) is 0 Å². The van der Waals surface area contributed by atoms with Crippen molar-refractivity contribution in [2.24, 2.45) is 0 Å². The summed E-state index contributed by atoms with van der Waals surface area (Å²) in [4.78, 5) is 28.0. The molecule has 0 saturated heterocycles. The van der Waals surface area contributed by atoms with Gasteiger partial charge in [-0.15, -0.1) is 0 Å². The number of rotatable bonds is 7. The largest absolute Gasteiger partial charge is 0.451 e. The number of carbonyl (C=O) groups excluding carboxylic acids is 2. The maximum atomic E-state index is 12.1. The third-order valence-electron chi connectivity index (χ3n) is 3.47. The lowest BCUT2D eigenvalue weighted by atomic mass is 10.2. The van der Waals surface area contributed by atoms with Crippen LogP contribution < -0.4 is 5.32 Å². The molecule has 0 aliphatic carbocycles. The summed E-state index contributed by atoms with van der Waals surface area (Å²) in [6.45, 7) is 5.26. The van der Waals surface area contributed by atoms with Gasteiger partial charge in [-0.25, -0.2) is 9.78 Å². The van der Waals surface area contributed by atoms with E-state index >= 15 is 0 Å². The van der Waals surface area contributed by atoms with Crippen molar-refractivity contribution in [2.45, 2.75) is 39.7 Å². The Bertz CT molecular complexity index is 694. The highest BCUT2D eigenvalue weighted by atomic mass is 16.5. The van der Waals surface area contributed by atoms with E-state index in [1.165, 1.54) is 0 Å². The number of aryl methyl sites for hydroxylation is 1. The molecule has 2 rings (SSSR count). The smallest absolute Gasteiger partial charge is 0.361 e. The summed E-state index contributed by atoms with van der Waals surface area (Å²) in [6.07, 6.45) is 1.85. The summed E-state index contributed by atoms with van der Waals surface area (Å²) in [5.74, 6) is -0.287. The molecule has 1 heterocycles. The number of oxazole rings is 1. The molecule has 0 aliphatic rings. The zero-order valence-electron chi connectivity index (χ0n) is 14.2. The molecular formula is C18H22N2O4. The molecule has 0 unspecified atom stereocenters. The number of ether oxygens (including phenoxy) is 1. The number of benzene rings is 1. The number of aromatic nitrogens is 1. The van der Waals surface area contributed by atoms with Crippen molar-refractivity contribution in [3.8, 4) is 11.5 Å². The van der Waals surface area contributed by atoms with E-state index in [0.717, 1.165) is 18.4 Å². The highest BCUT2D eigenvalue weighted by molar-refractivity contribution is 5.90. The van der Waals surface area contributed by atoms with Crippen LogP contribution in [0.4, 0.5) is 0 Å². The van der Waals surface area contributed by atoms with Crippen LogP contribution in [0.2, 0.25) is 0 Å². The van der Waals surface area contributed by atoms with Crippen LogP contribution in [0.15, 0.2) is 34.7 Å². The van der Waals surface area contributed by atoms with Gasteiger partial charge >= 0.3 is 5.97 Å². The Labute approximate surface area is 141 Å². The van der Waals surface area contributed by atoms with E-state index in [4.69, 9.17) is 9.15 Å². The molecule has 0 bridgehead atoms. The van der Waals surface area contributed by atoms with Crippen LogP contribution in [0.1, 0.15) is 42.9 Å². The second-order valence-corrected chi connectivity index (χ2v) is 5.62. The van der Waals surface area contributed by atoms with Crippen molar-refractivity contribution in [3.63, 3.8) is 0 Å². The van der Waals surface area contributed by atoms with Gasteiger partial charge in [0.15, 0.2) is 12.3 Å². The van der Waals surface area contributed by atoms with Gasteiger partial charge < -0.3 is 14.5 Å². The number of amides is 1. The molecular weight excluding hydrogens is 308 g/mol. The van der Waals surface area contributed by atoms with E-state index in [9.17, 15) is 9.59 Å². The maximum absolute atomic E-state index is 12.1. The predicted molar refractivity (Wildman–Crippen MR) is 89.5 cm³/mol. The van der Waals surface area contributed by atoms with Crippen molar-refractivity contribution in [2.75, 3.05) is 6.61 Å². The first-order valence-corrected chi connectivity index (χ1v) is 8.00. The third-order valence-corrected chi connectivity index (χ3v) is 3.47. The molecule has 0 saturated carbocycles. The minimum Gasteiger partial charge on any atom is -0.451 e. The molecule has 6 nitrogen and oxygen atoms in total. The number of hydrogen-bond donors (Lipinski definition) is 1. The summed E-state index contributed by atoms with van der Waals surface area (Å²) in [5.41, 5.74) is 0.856. The van der Waals surface area contributed by atoms with Gasteiger partial charge in [-0.2, -0.15) is 0 Å². The number of nitrogens with one attached hydrogen (secondary N) is 1. The van der Waals surface area contributed by atoms with Crippen LogP contribution >= 0.6 is 0 Å². The molecule has 6 heteroatoms. The van der Waals surface area contributed by atoms with Gasteiger partial charge in [-0.3, -0.25) is 4.79 Å². The second-order valence-electron chi connectivity index (χ2n) is 5.62. The lowest BCUT2D eigenvalue weighted by Gasteiger charge is -2.12. The molecule has 1 aromatic heterocycles. The van der Waals surface area contributed by atoms with E-state index in [1.807, 2.05) is 44.2 Å². The van der Waals surface area contributed by atoms with E-state index in [1.54, 1.807) is 6.92 Å². The minimum absolute atomic E-state index is 0.0553. The number of nitrogens with zero attached hydrogens (tertiary/aromatic N) is 1. The average molecular weight is 330 g/mol. The molecule has 0 spiro atoms. The number of hydrogen-bond acceptors (Lipinski definition) is 5. The summed E-state index contributed by atoms with van der Waals surface area (Å²) >= 11 is 0. The summed E-state index contributed by atoms with van der Waals surface area (Å²) < 4.78 is 10.5. The van der Waals surface area contributed by atoms with Gasteiger partial charge in [0.2, 0.25) is 5.89 Å². The highest BCUT2D eigenvalue weighted by Crippen LogP contribution is 2.21. The molecule has 0 fully saturated rings. The molecule has 1 aromatic carbocycles. The van der Waals surface area contributed by atoms with Crippen LogP contribution in [-0.2, 0) is 9.53 Å². The average Bonchev–Trinajstić information content (AvgIpc) is 2.95. The standard InChI is InChI=1S/C18H22N2O4/c1-4-8-12(2)19-15(21)11-23-18(22)16-13(3)24-17(20-16)14-9-6-5-7-10-14/h5-7,9-10,12H,4,8,11H2,1-3H3,(H,19,21)/t12-/m1/s1. The monoisotopic (exact) mass is 330 g/mol. The molecule has 1 N–H and O–H groups in total. The molecule has 24 heavy (non-hydrogen) atoms. The fourth-order valence-electron chi connectivity index (χ4n) is 2.31. The quantitative estimate of drug-likeness (QED) is 0.789. The second kappa shape index (κ2) is 8.29. The molecule has 1 atom stereocenters. The fourth-order valence-corrected chi connectivity index (χ4v) is 2.31. The lowest BCUT2D eigenvalue weighted by molar-refractivity contribution is -0.124. The van der Waals surface area contributed by atoms with E-state index in [-0.39, 0.29) is 24.2 Å². The van der Waals surface area contributed by atoms with Crippen molar-refractivity contribution in [3.05, 3.63) is 41.8 Å². The van der Waals surface area contributed by atoms with Gasteiger partial charge in [0.25, 0.3) is 5.91 Å². The summed E-state index contributed by atoms with van der Waals surface area (Å²) in [7, 11) is 0. The van der Waals surface area contributed by atoms with E-state index in [2.05, 4.69) is 10.3 Å². The number of carbonyl (C=O) groups is 2. The lowest BCUT2D eigenvalue weighted by Crippen LogP contribution is -2.35. The Balaban J connectivity index is 1.96. The molecule has 2 aromatic rings. The van der Waals surface area contributed by atoms with Gasteiger partial charge in [-0.1, -0.05) is 31.5 Å². The van der Waals surface area contributed by atoms with Crippen LogP contribution in [0, 0.1) is 6.92 Å². The number of esters is 1. The Kier molecular flexibility index (Phi) is 6.12. The van der Waals surface area contributed by atoms with Crippen LogP contribution in [-0.4, -0.2) is 29.5 Å². The first-order chi connectivity index (χ1) is 11.5. The van der Waals surface area contributed by atoms with Crippen molar-refractivity contribution in [1.82, 2.24) is 10.3 Å². The van der Waals surface area contributed by atoms with Crippen LogP contribution in [0.5, 0.6) is 0 Å². The molecule has 0 radical (unpaired) electrons. The Morgan fingerprint density at radius 1 is 1.29 bits per heavy atom. The fraction of sp³-hybridized carbons (Fsp3) is 0.389. The summed E-state index contributed by atoms with van der Waals surface area (Å²) in [6, 6.07) is 9.32. The van der Waals surface area contributed by atoms with E-state index in [0.29, 0.717) is 11.7 Å². The zero-order chi connectivity index (χ0) is 17.5. The van der Waals surface area contributed by atoms with Crippen molar-refractivity contribution >= 4 is 11.9 Å².